The average molecular weight is 312 g/mol. The van der Waals surface area contributed by atoms with Gasteiger partial charge in [-0.3, -0.25) is 8.98 Å². The summed E-state index contributed by atoms with van der Waals surface area (Å²) in [6.07, 6.45) is 0. The molecule has 1 aromatic carbocycles. The Labute approximate surface area is 113 Å². The van der Waals surface area contributed by atoms with E-state index in [1.165, 1.54) is 12.1 Å². The van der Waals surface area contributed by atoms with Gasteiger partial charge in [0.25, 0.3) is 0 Å². The molecule has 0 aliphatic carbocycles. The number of carbonyl (C=O) groups excluding carboxylic acids is 1. The van der Waals surface area contributed by atoms with Crippen molar-refractivity contribution in [2.75, 3.05) is 13.7 Å². The molecule has 5 nitrogen and oxygen atoms in total. The molecule has 0 saturated heterocycles. The van der Waals surface area contributed by atoms with Gasteiger partial charge < -0.3 is 4.74 Å². The molecular weight excluding hydrogens is 301 g/mol. The van der Waals surface area contributed by atoms with Crippen LogP contribution >= 0.6 is 0 Å². The molecule has 0 amide bonds. The number of hydrogen-bond donors (Lipinski definition) is 0. The van der Waals surface area contributed by atoms with Gasteiger partial charge >= 0.3 is 21.6 Å². The van der Waals surface area contributed by atoms with Crippen LogP contribution in [0.1, 0.15) is 11.5 Å². The zero-order chi connectivity index (χ0) is 15.4. The van der Waals surface area contributed by atoms with Gasteiger partial charge in [0.05, 0.1) is 13.7 Å². The number of halogens is 3. The highest BCUT2D eigenvalue weighted by Gasteiger charge is 2.47. The Kier molecular flexibility index (Phi) is 5.12. The Morgan fingerprint density at radius 2 is 1.80 bits per heavy atom. The Morgan fingerprint density at radius 1 is 1.25 bits per heavy atom. The first kappa shape index (κ1) is 16.4. The summed E-state index contributed by atoms with van der Waals surface area (Å²) in [5.41, 5.74) is -5.25. The van der Waals surface area contributed by atoms with Crippen molar-refractivity contribution < 1.29 is 35.3 Å². The maximum Gasteiger partial charge on any atom is 0.523 e. The molecule has 112 valence electrons. The molecule has 0 spiro atoms. The monoisotopic (exact) mass is 312 g/mol. The molecule has 1 unspecified atom stereocenters. The zero-order valence-corrected chi connectivity index (χ0v) is 11.1. The van der Waals surface area contributed by atoms with Crippen LogP contribution in [0.25, 0.3) is 0 Å². The van der Waals surface area contributed by atoms with Gasteiger partial charge in [0.1, 0.15) is 5.92 Å². The number of alkyl halides is 3. The lowest BCUT2D eigenvalue weighted by Gasteiger charge is -2.15. The van der Waals surface area contributed by atoms with E-state index in [0.717, 1.165) is 7.11 Å². The Balaban J connectivity index is 2.92. The van der Waals surface area contributed by atoms with Crippen molar-refractivity contribution >= 4 is 16.1 Å². The fraction of sp³-hybridized carbons (Fsp3) is 0.364. The number of methoxy groups -OCH3 is 1. The first-order chi connectivity index (χ1) is 9.19. The van der Waals surface area contributed by atoms with Gasteiger partial charge in [-0.05, 0) is 5.56 Å². The first-order valence-corrected chi connectivity index (χ1v) is 6.68. The van der Waals surface area contributed by atoms with Crippen molar-refractivity contribution in [3.8, 4) is 0 Å². The molecule has 0 aliphatic rings. The minimum atomic E-state index is -5.75. The van der Waals surface area contributed by atoms with E-state index in [0.29, 0.717) is 0 Å². The Morgan fingerprint density at radius 3 is 2.25 bits per heavy atom. The van der Waals surface area contributed by atoms with Gasteiger partial charge in [0.2, 0.25) is 0 Å². The van der Waals surface area contributed by atoms with E-state index >= 15 is 0 Å². The van der Waals surface area contributed by atoms with Crippen LogP contribution in [0.5, 0.6) is 0 Å². The van der Waals surface area contributed by atoms with Gasteiger partial charge in [0, 0.05) is 0 Å². The molecule has 0 fully saturated rings. The lowest BCUT2D eigenvalue weighted by Crippen LogP contribution is -2.29. The van der Waals surface area contributed by atoms with Crippen molar-refractivity contribution in [3.05, 3.63) is 35.9 Å². The van der Waals surface area contributed by atoms with E-state index in [9.17, 15) is 26.4 Å². The van der Waals surface area contributed by atoms with Crippen LogP contribution in [-0.4, -0.2) is 33.6 Å². The van der Waals surface area contributed by atoms with Gasteiger partial charge in [-0.1, -0.05) is 30.3 Å². The molecule has 9 heteroatoms. The lowest BCUT2D eigenvalue weighted by atomic mass is 10.0. The third kappa shape index (κ3) is 3.94. The lowest BCUT2D eigenvalue weighted by molar-refractivity contribution is -0.143. The van der Waals surface area contributed by atoms with E-state index < -0.39 is 34.1 Å². The molecule has 1 rings (SSSR count). The van der Waals surface area contributed by atoms with E-state index in [1.54, 1.807) is 18.2 Å². The maximum atomic E-state index is 12.1. The molecule has 0 aromatic heterocycles. The van der Waals surface area contributed by atoms with Crippen LogP contribution in [-0.2, 0) is 23.8 Å². The van der Waals surface area contributed by atoms with Crippen LogP contribution in [0.3, 0.4) is 0 Å². The van der Waals surface area contributed by atoms with Gasteiger partial charge in [0.15, 0.2) is 0 Å². The second-order valence-electron chi connectivity index (χ2n) is 3.67. The van der Waals surface area contributed by atoms with Crippen LogP contribution in [0, 0.1) is 0 Å². The molecule has 0 saturated carbocycles. The van der Waals surface area contributed by atoms with Crippen molar-refractivity contribution in [3.63, 3.8) is 0 Å². The number of rotatable bonds is 5. The summed E-state index contributed by atoms with van der Waals surface area (Å²) in [5.74, 6) is -2.16. The molecule has 1 aromatic rings. The third-order valence-corrected chi connectivity index (χ3v) is 3.37. The normalized spacial score (nSPS) is 13.8. The smallest absolute Gasteiger partial charge is 0.468 e. The van der Waals surface area contributed by atoms with E-state index in [4.69, 9.17) is 0 Å². The quantitative estimate of drug-likeness (QED) is 0.471. The molecule has 1 atom stereocenters. The minimum Gasteiger partial charge on any atom is -0.468 e. The molecule has 0 aliphatic heterocycles. The summed E-state index contributed by atoms with van der Waals surface area (Å²) in [5, 5.41) is 0. The van der Waals surface area contributed by atoms with Crippen molar-refractivity contribution in [1.29, 1.82) is 0 Å². The summed E-state index contributed by atoms with van der Waals surface area (Å²) in [6.45, 7) is -0.988. The highest BCUT2D eigenvalue weighted by atomic mass is 32.2. The summed E-state index contributed by atoms with van der Waals surface area (Å²) >= 11 is 0. The second-order valence-corrected chi connectivity index (χ2v) is 5.28. The van der Waals surface area contributed by atoms with Crippen molar-refractivity contribution in [2.45, 2.75) is 11.4 Å². The molecule has 0 heterocycles. The molecule has 20 heavy (non-hydrogen) atoms. The molecule has 0 N–H and O–H groups in total. The average Bonchev–Trinajstić information content (AvgIpc) is 2.38. The van der Waals surface area contributed by atoms with Crippen LogP contribution in [0.15, 0.2) is 30.3 Å². The summed E-state index contributed by atoms with van der Waals surface area (Å²) < 4.78 is 66.3. The summed E-state index contributed by atoms with van der Waals surface area (Å²) in [6, 6.07) is 7.62. The number of ether oxygens (including phenoxy) is 1. The van der Waals surface area contributed by atoms with Crippen molar-refractivity contribution in [2.24, 2.45) is 0 Å². The van der Waals surface area contributed by atoms with Gasteiger partial charge in [-0.25, -0.2) is 0 Å². The zero-order valence-electron chi connectivity index (χ0n) is 10.3. The number of hydrogen-bond acceptors (Lipinski definition) is 5. The van der Waals surface area contributed by atoms with Gasteiger partial charge in [-0.2, -0.15) is 21.6 Å². The summed E-state index contributed by atoms with van der Waals surface area (Å²) in [4.78, 5) is 11.5. The van der Waals surface area contributed by atoms with E-state index in [2.05, 4.69) is 8.92 Å². The SMILES string of the molecule is COC(=O)C(COS(=O)(=O)C(F)(F)F)c1ccccc1. The third-order valence-electron chi connectivity index (χ3n) is 2.36. The molecule has 0 bridgehead atoms. The first-order valence-electron chi connectivity index (χ1n) is 5.27. The highest BCUT2D eigenvalue weighted by molar-refractivity contribution is 7.87. The van der Waals surface area contributed by atoms with Crippen LogP contribution in [0.2, 0.25) is 0 Å². The number of benzene rings is 1. The fourth-order valence-corrected chi connectivity index (χ4v) is 1.80. The van der Waals surface area contributed by atoms with E-state index in [1.807, 2.05) is 0 Å². The van der Waals surface area contributed by atoms with Crippen LogP contribution < -0.4 is 0 Å². The number of esters is 1. The Hall–Kier alpha value is -1.61. The standard InChI is InChI=1S/C11H11F3O5S/c1-18-10(15)9(8-5-3-2-4-6-8)7-19-20(16,17)11(12,13)14/h2-6,9H,7H2,1H3. The predicted octanol–water partition coefficient (Wildman–Crippen LogP) is 1.81. The molecule has 0 radical (unpaired) electrons. The van der Waals surface area contributed by atoms with Crippen LogP contribution in [0.4, 0.5) is 13.2 Å². The second kappa shape index (κ2) is 6.23. The Bertz CT molecular complexity index is 553. The predicted molar refractivity (Wildman–Crippen MR) is 62.1 cm³/mol. The van der Waals surface area contributed by atoms with E-state index in [-0.39, 0.29) is 5.56 Å². The summed E-state index contributed by atoms with van der Waals surface area (Å²) in [7, 11) is -4.71. The maximum absolute atomic E-state index is 12.1. The highest BCUT2D eigenvalue weighted by Crippen LogP contribution is 2.27. The minimum absolute atomic E-state index is 0.289. The fourth-order valence-electron chi connectivity index (χ4n) is 1.35. The number of carbonyl (C=O) groups is 1. The molecular formula is C11H11F3O5S. The topological polar surface area (TPSA) is 69.7 Å². The largest absolute Gasteiger partial charge is 0.523 e. The van der Waals surface area contributed by atoms with Gasteiger partial charge in [-0.15, -0.1) is 0 Å². The van der Waals surface area contributed by atoms with Crippen molar-refractivity contribution in [1.82, 2.24) is 0 Å².